The van der Waals surface area contributed by atoms with E-state index < -0.39 is 32.6 Å². The van der Waals surface area contributed by atoms with Crippen LogP contribution in [0.4, 0.5) is 8.78 Å². The lowest BCUT2D eigenvalue weighted by atomic mass is 10.1. The summed E-state index contributed by atoms with van der Waals surface area (Å²) in [5.74, 6) is 0. The molecule has 8 heteroatoms. The topological polar surface area (TPSA) is 96.8 Å². The SMILES string of the molecule is Cc1cc(C#N)c(C(F)F)c(S(N)(=O)=O)n1. The molecule has 0 bridgehead atoms. The first kappa shape index (κ1) is 12.5. The van der Waals surface area contributed by atoms with Gasteiger partial charge in [-0.05, 0) is 13.0 Å². The number of rotatable bonds is 2. The average molecular weight is 247 g/mol. The Morgan fingerprint density at radius 3 is 2.50 bits per heavy atom. The van der Waals surface area contributed by atoms with Gasteiger partial charge in [-0.1, -0.05) is 0 Å². The highest BCUT2D eigenvalue weighted by Crippen LogP contribution is 2.28. The Kier molecular flexibility index (Phi) is 3.21. The van der Waals surface area contributed by atoms with Crippen LogP contribution in [-0.2, 0) is 10.0 Å². The minimum Gasteiger partial charge on any atom is -0.240 e. The summed E-state index contributed by atoms with van der Waals surface area (Å²) < 4.78 is 47.4. The summed E-state index contributed by atoms with van der Waals surface area (Å²) in [5, 5.41) is 12.4. The first-order chi connectivity index (χ1) is 7.27. The predicted octanol–water partition coefficient (Wildman–Crippen LogP) is 0.847. The minimum atomic E-state index is -4.38. The Bertz CT molecular complexity index is 563. The number of alkyl halides is 2. The molecule has 0 spiro atoms. The molecule has 0 atom stereocenters. The standard InChI is InChI=1S/C8H7F2N3O2S/c1-4-2-5(3-11)6(7(9)10)8(13-4)16(12,14)15/h2,7H,1H3,(H2,12,14,15). The highest BCUT2D eigenvalue weighted by atomic mass is 32.2. The second-order valence-corrected chi connectivity index (χ2v) is 4.46. The quantitative estimate of drug-likeness (QED) is 0.837. The average Bonchev–Trinajstić information content (AvgIpc) is 2.14. The molecule has 5 nitrogen and oxygen atoms in total. The molecule has 0 saturated carbocycles. The molecular formula is C8H7F2N3O2S. The Morgan fingerprint density at radius 2 is 2.12 bits per heavy atom. The Morgan fingerprint density at radius 1 is 1.56 bits per heavy atom. The van der Waals surface area contributed by atoms with E-state index in [1.807, 2.05) is 0 Å². The summed E-state index contributed by atoms with van der Waals surface area (Å²) in [6.07, 6.45) is -3.13. The van der Waals surface area contributed by atoms with Gasteiger partial charge in [-0.25, -0.2) is 27.3 Å². The number of sulfonamides is 1. The maximum Gasteiger partial charge on any atom is 0.267 e. The van der Waals surface area contributed by atoms with E-state index in [0.717, 1.165) is 6.07 Å². The van der Waals surface area contributed by atoms with Crippen LogP contribution in [0.1, 0.15) is 23.2 Å². The van der Waals surface area contributed by atoms with Gasteiger partial charge >= 0.3 is 0 Å². The monoisotopic (exact) mass is 247 g/mol. The van der Waals surface area contributed by atoms with Crippen LogP contribution in [-0.4, -0.2) is 13.4 Å². The lowest BCUT2D eigenvalue weighted by Crippen LogP contribution is -2.18. The van der Waals surface area contributed by atoms with Crippen molar-refractivity contribution in [3.05, 3.63) is 22.9 Å². The Labute approximate surface area is 90.6 Å². The Balaban J connectivity index is 3.73. The number of nitriles is 1. The summed E-state index contributed by atoms with van der Waals surface area (Å²) in [6.45, 7) is 1.38. The van der Waals surface area contributed by atoms with E-state index >= 15 is 0 Å². The summed E-state index contributed by atoms with van der Waals surface area (Å²) >= 11 is 0. The molecule has 0 amide bonds. The van der Waals surface area contributed by atoms with Crippen LogP contribution in [0.2, 0.25) is 0 Å². The van der Waals surface area contributed by atoms with E-state index in [2.05, 4.69) is 4.98 Å². The summed E-state index contributed by atoms with van der Waals surface area (Å²) in [4.78, 5) is 3.43. The van der Waals surface area contributed by atoms with E-state index in [9.17, 15) is 17.2 Å². The number of primary sulfonamides is 1. The molecule has 0 aliphatic carbocycles. The lowest BCUT2D eigenvalue weighted by Gasteiger charge is -2.08. The van der Waals surface area contributed by atoms with Crippen LogP contribution >= 0.6 is 0 Å². The van der Waals surface area contributed by atoms with Crippen molar-refractivity contribution in [2.45, 2.75) is 18.4 Å². The lowest BCUT2D eigenvalue weighted by molar-refractivity contribution is 0.146. The van der Waals surface area contributed by atoms with Crippen molar-refractivity contribution >= 4 is 10.0 Å². The minimum absolute atomic E-state index is 0.130. The predicted molar refractivity (Wildman–Crippen MR) is 50.0 cm³/mol. The normalized spacial score (nSPS) is 11.5. The van der Waals surface area contributed by atoms with Crippen LogP contribution < -0.4 is 5.14 Å². The van der Waals surface area contributed by atoms with E-state index in [1.54, 1.807) is 0 Å². The van der Waals surface area contributed by atoms with Crippen LogP contribution in [0.5, 0.6) is 0 Å². The van der Waals surface area contributed by atoms with E-state index in [0.29, 0.717) is 0 Å². The summed E-state index contributed by atoms with van der Waals surface area (Å²) in [6, 6.07) is 2.57. The molecule has 1 aromatic heterocycles. The van der Waals surface area contributed by atoms with Gasteiger partial charge in [0.15, 0.2) is 5.03 Å². The number of pyridine rings is 1. The highest BCUT2D eigenvalue weighted by Gasteiger charge is 2.26. The van der Waals surface area contributed by atoms with Crippen LogP contribution in [0.25, 0.3) is 0 Å². The zero-order valence-electron chi connectivity index (χ0n) is 8.11. The molecule has 1 aromatic rings. The first-order valence-electron chi connectivity index (χ1n) is 4.00. The van der Waals surface area contributed by atoms with Gasteiger partial charge < -0.3 is 0 Å². The number of aryl methyl sites for hydroxylation is 1. The molecule has 86 valence electrons. The van der Waals surface area contributed by atoms with Gasteiger partial charge in [0.2, 0.25) is 0 Å². The van der Waals surface area contributed by atoms with E-state index in [4.69, 9.17) is 10.4 Å². The first-order valence-corrected chi connectivity index (χ1v) is 5.54. The molecule has 0 unspecified atom stereocenters. The fourth-order valence-corrected chi connectivity index (χ4v) is 1.95. The molecule has 0 aliphatic heterocycles. The van der Waals surface area contributed by atoms with E-state index in [-0.39, 0.29) is 5.69 Å². The fourth-order valence-electron chi connectivity index (χ4n) is 1.17. The van der Waals surface area contributed by atoms with Gasteiger partial charge in [0.1, 0.15) is 0 Å². The molecule has 0 saturated heterocycles. The van der Waals surface area contributed by atoms with Gasteiger partial charge in [0.05, 0.1) is 17.2 Å². The van der Waals surface area contributed by atoms with Gasteiger partial charge in [0.25, 0.3) is 16.4 Å². The number of halogens is 2. The largest absolute Gasteiger partial charge is 0.267 e. The molecule has 16 heavy (non-hydrogen) atoms. The molecule has 0 radical (unpaired) electrons. The summed E-state index contributed by atoms with van der Waals surface area (Å²) in [5.41, 5.74) is -1.26. The third kappa shape index (κ3) is 2.32. The summed E-state index contributed by atoms with van der Waals surface area (Å²) in [7, 11) is -4.38. The fraction of sp³-hybridized carbons (Fsp3) is 0.250. The molecule has 1 heterocycles. The second kappa shape index (κ2) is 4.11. The molecular weight excluding hydrogens is 240 g/mol. The maximum atomic E-state index is 12.6. The van der Waals surface area contributed by atoms with Crippen LogP contribution in [0, 0.1) is 18.3 Å². The highest BCUT2D eigenvalue weighted by molar-refractivity contribution is 7.89. The van der Waals surface area contributed by atoms with Crippen molar-refractivity contribution in [1.29, 1.82) is 5.26 Å². The van der Waals surface area contributed by atoms with Crippen LogP contribution in [0.15, 0.2) is 11.1 Å². The zero-order chi connectivity index (χ0) is 12.5. The second-order valence-electron chi connectivity index (χ2n) is 2.99. The maximum absolute atomic E-state index is 12.6. The third-order valence-electron chi connectivity index (χ3n) is 1.76. The third-order valence-corrected chi connectivity index (χ3v) is 2.61. The van der Waals surface area contributed by atoms with Crippen molar-refractivity contribution < 1.29 is 17.2 Å². The molecule has 2 N–H and O–H groups in total. The smallest absolute Gasteiger partial charge is 0.240 e. The zero-order valence-corrected chi connectivity index (χ0v) is 8.92. The van der Waals surface area contributed by atoms with Crippen molar-refractivity contribution in [2.24, 2.45) is 5.14 Å². The van der Waals surface area contributed by atoms with Crippen molar-refractivity contribution in [3.63, 3.8) is 0 Å². The number of aromatic nitrogens is 1. The van der Waals surface area contributed by atoms with Crippen molar-refractivity contribution in [1.82, 2.24) is 4.98 Å². The van der Waals surface area contributed by atoms with E-state index in [1.165, 1.54) is 13.0 Å². The van der Waals surface area contributed by atoms with Gasteiger partial charge in [-0.15, -0.1) is 0 Å². The van der Waals surface area contributed by atoms with Crippen LogP contribution in [0.3, 0.4) is 0 Å². The van der Waals surface area contributed by atoms with Gasteiger partial charge in [0, 0.05) is 5.69 Å². The van der Waals surface area contributed by atoms with Crippen molar-refractivity contribution in [3.8, 4) is 6.07 Å². The molecule has 0 aromatic carbocycles. The molecule has 0 aliphatic rings. The molecule has 1 rings (SSSR count). The van der Waals surface area contributed by atoms with Gasteiger partial charge in [-0.3, -0.25) is 0 Å². The number of nitrogens with zero attached hydrogens (tertiary/aromatic N) is 2. The number of hydrogen-bond acceptors (Lipinski definition) is 4. The van der Waals surface area contributed by atoms with Crippen molar-refractivity contribution in [2.75, 3.05) is 0 Å². The number of nitrogens with two attached hydrogens (primary N) is 1. The van der Waals surface area contributed by atoms with Gasteiger partial charge in [-0.2, -0.15) is 5.26 Å². The Hall–Kier alpha value is -1.59. The number of hydrogen-bond donors (Lipinski definition) is 1. The molecule has 0 fully saturated rings.